The molecule has 136 valence electrons. The number of nitrogens with zero attached hydrogens (tertiary/aromatic N) is 1. The molecule has 27 heavy (non-hydrogen) atoms. The van der Waals surface area contributed by atoms with Crippen molar-refractivity contribution >= 4 is 23.5 Å². The number of carbonyl (C=O) groups excluding carboxylic acids is 4. The zero-order valence-electron chi connectivity index (χ0n) is 14.2. The van der Waals surface area contributed by atoms with Crippen LogP contribution in [-0.2, 0) is 16.1 Å². The summed E-state index contributed by atoms with van der Waals surface area (Å²) in [7, 11) is 0. The fraction of sp³-hybridized carbons (Fsp3) is 0.200. The minimum absolute atomic E-state index is 0.185. The van der Waals surface area contributed by atoms with E-state index < -0.39 is 17.8 Å². The van der Waals surface area contributed by atoms with E-state index in [0.29, 0.717) is 22.3 Å². The molecule has 0 radical (unpaired) electrons. The molecule has 2 aromatic carbocycles. The number of benzene rings is 2. The van der Waals surface area contributed by atoms with E-state index in [2.05, 4.69) is 5.32 Å². The lowest BCUT2D eigenvalue weighted by atomic mass is 9.99. The normalized spacial score (nSPS) is 19.1. The van der Waals surface area contributed by atoms with Crippen molar-refractivity contribution in [3.8, 4) is 0 Å². The van der Waals surface area contributed by atoms with Gasteiger partial charge in [-0.25, -0.2) is 4.39 Å². The molecule has 0 spiro atoms. The molecule has 1 fully saturated rings. The monoisotopic (exact) mass is 366 g/mol. The number of hydrogen-bond acceptors (Lipinski definition) is 4. The Morgan fingerprint density at radius 1 is 1.04 bits per heavy atom. The molecule has 1 N–H and O–H groups in total. The second-order valence-corrected chi connectivity index (χ2v) is 6.61. The maximum Gasteiger partial charge on any atom is 0.255 e. The van der Waals surface area contributed by atoms with Crippen LogP contribution in [0.1, 0.15) is 44.7 Å². The van der Waals surface area contributed by atoms with Gasteiger partial charge in [0.05, 0.1) is 0 Å². The van der Waals surface area contributed by atoms with Crippen LogP contribution in [-0.4, -0.2) is 34.4 Å². The summed E-state index contributed by atoms with van der Waals surface area (Å²) < 4.78 is 13.0. The van der Waals surface area contributed by atoms with Crippen molar-refractivity contribution in [1.82, 2.24) is 10.2 Å². The number of nitrogens with one attached hydrogen (secondary N) is 1. The molecule has 0 bridgehead atoms. The number of fused-ring (bicyclic) bond motifs is 1. The Morgan fingerprint density at radius 2 is 1.74 bits per heavy atom. The van der Waals surface area contributed by atoms with E-state index in [1.807, 2.05) is 0 Å². The first-order chi connectivity index (χ1) is 12.9. The molecule has 0 aromatic heterocycles. The van der Waals surface area contributed by atoms with Crippen molar-refractivity contribution in [2.24, 2.45) is 0 Å². The highest BCUT2D eigenvalue weighted by Gasteiger charge is 2.39. The number of hydrogen-bond donors (Lipinski definition) is 1. The number of carbonyl (C=O) groups is 4. The molecule has 2 heterocycles. The summed E-state index contributed by atoms with van der Waals surface area (Å²) in [6, 6.07) is 9.31. The number of halogens is 1. The lowest BCUT2D eigenvalue weighted by Gasteiger charge is -2.29. The van der Waals surface area contributed by atoms with E-state index in [4.69, 9.17) is 0 Å². The molecule has 3 amide bonds. The van der Waals surface area contributed by atoms with Crippen LogP contribution in [0.4, 0.5) is 4.39 Å². The molecule has 2 aromatic rings. The molecule has 6 nitrogen and oxygen atoms in total. The van der Waals surface area contributed by atoms with Crippen LogP contribution in [0.15, 0.2) is 42.5 Å². The van der Waals surface area contributed by atoms with E-state index in [9.17, 15) is 23.6 Å². The van der Waals surface area contributed by atoms with E-state index in [1.165, 1.54) is 29.2 Å². The van der Waals surface area contributed by atoms with Gasteiger partial charge in [-0.05, 0) is 48.4 Å². The van der Waals surface area contributed by atoms with E-state index in [1.54, 1.807) is 18.2 Å². The highest BCUT2D eigenvalue weighted by molar-refractivity contribution is 6.10. The van der Waals surface area contributed by atoms with Crippen molar-refractivity contribution in [3.05, 3.63) is 70.5 Å². The number of imide groups is 1. The summed E-state index contributed by atoms with van der Waals surface area (Å²) >= 11 is 0. The lowest BCUT2D eigenvalue weighted by Crippen LogP contribution is -2.52. The maximum atomic E-state index is 13.0. The van der Waals surface area contributed by atoms with Gasteiger partial charge in [0.15, 0.2) is 5.78 Å². The third-order valence-electron chi connectivity index (χ3n) is 4.89. The summed E-state index contributed by atoms with van der Waals surface area (Å²) in [6.07, 6.45) is 0.469. The quantitative estimate of drug-likeness (QED) is 0.663. The smallest absolute Gasteiger partial charge is 0.255 e. The number of rotatable bonds is 3. The average Bonchev–Trinajstić information content (AvgIpc) is 2.98. The Hall–Kier alpha value is -3.35. The molecule has 2 aliphatic rings. The van der Waals surface area contributed by atoms with Gasteiger partial charge in [0.1, 0.15) is 11.9 Å². The van der Waals surface area contributed by atoms with Gasteiger partial charge in [0, 0.05) is 29.7 Å². The van der Waals surface area contributed by atoms with Crippen LogP contribution >= 0.6 is 0 Å². The zero-order valence-corrected chi connectivity index (χ0v) is 14.2. The first-order valence-corrected chi connectivity index (χ1v) is 8.52. The van der Waals surface area contributed by atoms with E-state index in [-0.39, 0.29) is 37.0 Å². The van der Waals surface area contributed by atoms with Crippen molar-refractivity contribution < 1.29 is 23.6 Å². The molecule has 1 unspecified atom stereocenters. The average molecular weight is 366 g/mol. The minimum Gasteiger partial charge on any atom is -0.322 e. The maximum absolute atomic E-state index is 13.0. The third kappa shape index (κ3) is 3.01. The van der Waals surface area contributed by atoms with Gasteiger partial charge < -0.3 is 4.90 Å². The summed E-state index contributed by atoms with van der Waals surface area (Å²) in [5, 5.41) is 2.25. The van der Waals surface area contributed by atoms with Crippen molar-refractivity contribution in [2.45, 2.75) is 25.4 Å². The van der Waals surface area contributed by atoms with E-state index in [0.717, 1.165) is 0 Å². The first kappa shape index (κ1) is 17.1. The highest BCUT2D eigenvalue weighted by atomic mass is 19.1. The second-order valence-electron chi connectivity index (χ2n) is 6.61. The first-order valence-electron chi connectivity index (χ1n) is 8.52. The molecule has 0 aliphatic carbocycles. The van der Waals surface area contributed by atoms with E-state index >= 15 is 0 Å². The van der Waals surface area contributed by atoms with Crippen LogP contribution in [0, 0.1) is 5.82 Å². The predicted octanol–water partition coefficient (Wildman–Crippen LogP) is 1.82. The lowest BCUT2D eigenvalue weighted by molar-refractivity contribution is -0.136. The van der Waals surface area contributed by atoms with Crippen molar-refractivity contribution in [1.29, 1.82) is 0 Å². The summed E-state index contributed by atoms with van der Waals surface area (Å²) in [5.74, 6) is -1.81. The SMILES string of the molecule is O=C1CCC(N2Cc3cc(C(=O)c4ccc(F)cc4)ccc3C2=O)C(=O)N1. The fourth-order valence-corrected chi connectivity index (χ4v) is 3.48. The molecule has 1 saturated heterocycles. The van der Waals surface area contributed by atoms with Gasteiger partial charge in [-0.1, -0.05) is 6.07 Å². The third-order valence-corrected chi connectivity index (χ3v) is 4.89. The molecule has 4 rings (SSSR count). The molecular formula is C20H15FN2O4. The number of ketones is 1. The Morgan fingerprint density at radius 3 is 2.44 bits per heavy atom. The fourth-order valence-electron chi connectivity index (χ4n) is 3.48. The van der Waals surface area contributed by atoms with Gasteiger partial charge in [-0.2, -0.15) is 0 Å². The second kappa shape index (κ2) is 6.42. The van der Waals surface area contributed by atoms with Gasteiger partial charge in [-0.15, -0.1) is 0 Å². The van der Waals surface area contributed by atoms with Crippen LogP contribution in [0.5, 0.6) is 0 Å². The number of amides is 3. The van der Waals surface area contributed by atoms with Crippen LogP contribution in [0.2, 0.25) is 0 Å². The summed E-state index contributed by atoms with van der Waals surface area (Å²) in [5.41, 5.74) is 1.83. The Labute approximate surface area is 154 Å². The Balaban J connectivity index is 1.59. The van der Waals surface area contributed by atoms with Crippen molar-refractivity contribution in [2.75, 3.05) is 0 Å². The summed E-state index contributed by atoms with van der Waals surface area (Å²) in [6.45, 7) is 0.199. The van der Waals surface area contributed by atoms with Gasteiger partial charge in [0.2, 0.25) is 11.8 Å². The predicted molar refractivity (Wildman–Crippen MR) is 92.3 cm³/mol. The molecule has 2 aliphatic heterocycles. The van der Waals surface area contributed by atoms with Gasteiger partial charge in [0.25, 0.3) is 5.91 Å². The Bertz CT molecular complexity index is 984. The summed E-state index contributed by atoms with van der Waals surface area (Å²) in [4.78, 5) is 50.0. The molecular weight excluding hydrogens is 351 g/mol. The standard InChI is InChI=1S/C20H15FN2O4/c21-14-4-1-11(2-5-14)18(25)12-3-6-15-13(9-12)10-23(20(15)27)16-7-8-17(24)22-19(16)26/h1-6,9,16H,7-8,10H2,(H,22,24,26). The van der Waals surface area contributed by atoms with Gasteiger partial charge in [-0.3, -0.25) is 24.5 Å². The highest BCUT2D eigenvalue weighted by Crippen LogP contribution is 2.28. The minimum atomic E-state index is -0.696. The topological polar surface area (TPSA) is 83.6 Å². The molecule has 0 saturated carbocycles. The van der Waals surface area contributed by atoms with Crippen LogP contribution in [0.25, 0.3) is 0 Å². The van der Waals surface area contributed by atoms with Gasteiger partial charge >= 0.3 is 0 Å². The Kier molecular flexibility index (Phi) is 4.07. The number of piperidine rings is 1. The largest absolute Gasteiger partial charge is 0.322 e. The van der Waals surface area contributed by atoms with Crippen LogP contribution in [0.3, 0.4) is 0 Å². The van der Waals surface area contributed by atoms with Crippen molar-refractivity contribution in [3.63, 3.8) is 0 Å². The molecule has 1 atom stereocenters. The van der Waals surface area contributed by atoms with Crippen LogP contribution < -0.4 is 5.32 Å². The zero-order chi connectivity index (χ0) is 19.1. The molecule has 7 heteroatoms.